The van der Waals surface area contributed by atoms with Crippen LogP contribution in [0.15, 0.2) is 58.0 Å². The molecule has 4 aromatic rings. The minimum Gasteiger partial charge on any atom is -0.491 e. The summed E-state index contributed by atoms with van der Waals surface area (Å²) in [6.45, 7) is 6.07. The fourth-order valence-corrected chi connectivity index (χ4v) is 5.56. The van der Waals surface area contributed by atoms with E-state index in [9.17, 15) is 23.7 Å². The van der Waals surface area contributed by atoms with Crippen molar-refractivity contribution in [2.75, 3.05) is 18.9 Å². The predicted octanol–water partition coefficient (Wildman–Crippen LogP) is 6.88. The fourth-order valence-electron chi connectivity index (χ4n) is 4.57. The lowest BCUT2D eigenvalue weighted by Crippen LogP contribution is -2.25. The highest BCUT2D eigenvalue weighted by Gasteiger charge is 2.33. The third-order valence-corrected chi connectivity index (χ3v) is 7.75. The summed E-state index contributed by atoms with van der Waals surface area (Å²) in [7, 11) is 0. The quantitative estimate of drug-likeness (QED) is 0.207. The monoisotopic (exact) mass is 621 g/mol. The Bertz CT molecular complexity index is 1760. The normalized spacial score (nSPS) is 16.0. The number of aryl methyl sites for hydroxylation is 1. The fraction of sp³-hybridized carbons (Fsp3) is 0.290. The van der Waals surface area contributed by atoms with Gasteiger partial charge in [0.1, 0.15) is 52.8 Å². The van der Waals surface area contributed by atoms with Crippen LogP contribution in [0.25, 0.3) is 22.6 Å². The van der Waals surface area contributed by atoms with Crippen molar-refractivity contribution in [2.24, 2.45) is 0 Å². The smallest absolute Gasteiger partial charge is 0.416 e. The third-order valence-electron chi connectivity index (χ3n) is 6.76. The van der Waals surface area contributed by atoms with E-state index in [1.54, 1.807) is 31.2 Å². The van der Waals surface area contributed by atoms with E-state index in [0.29, 0.717) is 52.1 Å². The molecule has 0 aliphatic carbocycles. The van der Waals surface area contributed by atoms with Crippen molar-refractivity contribution < 1.29 is 31.8 Å². The van der Waals surface area contributed by atoms with Gasteiger partial charge in [0.05, 0.1) is 23.4 Å². The van der Waals surface area contributed by atoms with Crippen LogP contribution in [0, 0.1) is 29.6 Å². The molecule has 0 spiro atoms. The number of thioether (sulfide) groups is 1. The number of aromatic nitrogens is 2. The molecule has 2 aromatic carbocycles. The van der Waals surface area contributed by atoms with Crippen molar-refractivity contribution in [1.82, 2.24) is 9.97 Å². The molecule has 2 aromatic heterocycles. The number of anilines is 1. The molecule has 3 heterocycles. The second-order valence-electron chi connectivity index (χ2n) is 10.3. The van der Waals surface area contributed by atoms with Crippen LogP contribution in [0.5, 0.6) is 5.75 Å². The second-order valence-corrected chi connectivity index (χ2v) is 11.3. The van der Waals surface area contributed by atoms with E-state index in [2.05, 4.69) is 22.1 Å². The van der Waals surface area contributed by atoms with Gasteiger partial charge in [0.2, 0.25) is 5.89 Å². The number of hydrogen-bond donors (Lipinski definition) is 1. The minimum atomic E-state index is -4.45. The summed E-state index contributed by atoms with van der Waals surface area (Å²) in [6, 6.07) is 15.6. The summed E-state index contributed by atoms with van der Waals surface area (Å²) in [5.41, 5.74) is 7.44. The first kappa shape index (κ1) is 30.9. The summed E-state index contributed by atoms with van der Waals surface area (Å²) in [5.74, 6) is 0.726. The standard InChI is InChI=1S/C31H26F3N5O4S/c1-17-25(38-28(42-17)19-4-8-20(9-5-19)31(32,33)34)16-44-29-24(13-36)26(23(12-35)27(37)39-29)18-6-10-21(11-7-18)40-14-22-15-41-30(2,3)43-22/h4-11,22H,14-16H2,1-3H3,(H2,37,39)/t22-/m1/s1. The van der Waals surface area contributed by atoms with Crippen LogP contribution in [0.4, 0.5) is 19.0 Å². The molecule has 2 N–H and O–H groups in total. The van der Waals surface area contributed by atoms with Crippen LogP contribution in [0.1, 0.15) is 42.0 Å². The van der Waals surface area contributed by atoms with Crippen LogP contribution < -0.4 is 10.5 Å². The van der Waals surface area contributed by atoms with Gasteiger partial charge in [-0.05, 0) is 62.7 Å². The van der Waals surface area contributed by atoms with E-state index in [1.807, 2.05) is 13.8 Å². The maximum Gasteiger partial charge on any atom is 0.416 e. The Hall–Kier alpha value is -4.56. The molecule has 226 valence electrons. The number of benzene rings is 2. The number of pyridine rings is 1. The summed E-state index contributed by atoms with van der Waals surface area (Å²) in [4.78, 5) is 8.78. The van der Waals surface area contributed by atoms with Crippen LogP contribution in [-0.2, 0) is 21.4 Å². The van der Waals surface area contributed by atoms with Crippen LogP contribution in [0.2, 0.25) is 0 Å². The lowest BCUT2D eigenvalue weighted by molar-refractivity contribution is -0.141. The van der Waals surface area contributed by atoms with E-state index in [4.69, 9.17) is 24.4 Å². The van der Waals surface area contributed by atoms with E-state index in [-0.39, 0.29) is 34.7 Å². The molecule has 0 saturated carbocycles. The lowest BCUT2D eigenvalue weighted by Gasteiger charge is -2.17. The maximum absolute atomic E-state index is 12.9. The van der Waals surface area contributed by atoms with Gasteiger partial charge >= 0.3 is 6.18 Å². The number of nitriles is 2. The van der Waals surface area contributed by atoms with Gasteiger partial charge in [0.25, 0.3) is 0 Å². The molecule has 13 heteroatoms. The molecular formula is C31H26F3N5O4S. The Morgan fingerprint density at radius 2 is 1.68 bits per heavy atom. The molecule has 0 bridgehead atoms. The largest absolute Gasteiger partial charge is 0.491 e. The molecule has 0 radical (unpaired) electrons. The highest BCUT2D eigenvalue weighted by Crippen LogP contribution is 2.38. The van der Waals surface area contributed by atoms with Gasteiger partial charge in [0, 0.05) is 16.9 Å². The van der Waals surface area contributed by atoms with Gasteiger partial charge in [-0.15, -0.1) is 0 Å². The summed E-state index contributed by atoms with van der Waals surface area (Å²) >= 11 is 1.18. The Kier molecular flexibility index (Phi) is 8.57. The van der Waals surface area contributed by atoms with Crippen molar-refractivity contribution in [3.8, 4) is 40.5 Å². The van der Waals surface area contributed by atoms with Gasteiger partial charge in [-0.2, -0.15) is 23.7 Å². The van der Waals surface area contributed by atoms with Crippen molar-refractivity contribution in [3.05, 3.63) is 76.7 Å². The van der Waals surface area contributed by atoms with E-state index < -0.39 is 17.5 Å². The number of hydrogen-bond acceptors (Lipinski definition) is 10. The molecule has 9 nitrogen and oxygen atoms in total. The molecule has 1 saturated heterocycles. The zero-order valence-electron chi connectivity index (χ0n) is 23.9. The molecule has 5 rings (SSSR count). The molecule has 1 atom stereocenters. The van der Waals surface area contributed by atoms with Gasteiger partial charge in [0.15, 0.2) is 5.79 Å². The molecule has 1 aliphatic heterocycles. The molecule has 1 fully saturated rings. The zero-order chi connectivity index (χ0) is 31.6. The Morgan fingerprint density at radius 3 is 2.27 bits per heavy atom. The van der Waals surface area contributed by atoms with E-state index in [1.165, 1.54) is 23.9 Å². The molecule has 44 heavy (non-hydrogen) atoms. The van der Waals surface area contributed by atoms with Crippen molar-refractivity contribution in [2.45, 2.75) is 49.6 Å². The average Bonchev–Trinajstić information content (AvgIpc) is 3.54. The van der Waals surface area contributed by atoms with Crippen LogP contribution >= 0.6 is 11.8 Å². The molecule has 0 unspecified atom stereocenters. The molecule has 0 amide bonds. The van der Waals surface area contributed by atoms with Gasteiger partial charge in [-0.3, -0.25) is 0 Å². The average molecular weight is 622 g/mol. The van der Waals surface area contributed by atoms with Crippen molar-refractivity contribution in [3.63, 3.8) is 0 Å². The number of rotatable bonds is 8. The third kappa shape index (κ3) is 6.65. The lowest BCUT2D eigenvalue weighted by atomic mass is 9.97. The maximum atomic E-state index is 12.9. The first-order valence-corrected chi connectivity index (χ1v) is 14.3. The minimum absolute atomic E-state index is 0.0346. The SMILES string of the molecule is Cc1oc(-c2ccc(C(F)(F)F)cc2)nc1CSc1nc(N)c(C#N)c(-c2ccc(OC[C@@H]3COC(C)(C)O3)cc2)c1C#N. The van der Waals surface area contributed by atoms with Crippen LogP contribution in [0.3, 0.4) is 0 Å². The summed E-state index contributed by atoms with van der Waals surface area (Å²) < 4.78 is 61.7. The number of ether oxygens (including phenoxy) is 3. The summed E-state index contributed by atoms with van der Waals surface area (Å²) in [5, 5.41) is 20.3. The Balaban J connectivity index is 1.36. The molecular weight excluding hydrogens is 595 g/mol. The van der Waals surface area contributed by atoms with Crippen molar-refractivity contribution in [1.29, 1.82) is 10.5 Å². The highest BCUT2D eigenvalue weighted by atomic mass is 32.2. The van der Waals surface area contributed by atoms with E-state index in [0.717, 1.165) is 12.1 Å². The van der Waals surface area contributed by atoms with Gasteiger partial charge in [-0.25, -0.2) is 9.97 Å². The number of halogens is 3. The number of oxazole rings is 1. The topological polar surface area (TPSA) is 140 Å². The van der Waals surface area contributed by atoms with Gasteiger partial charge in [-0.1, -0.05) is 23.9 Å². The first-order valence-electron chi connectivity index (χ1n) is 13.3. The first-order chi connectivity index (χ1) is 20.9. The molecule has 1 aliphatic rings. The number of nitrogens with two attached hydrogens (primary N) is 1. The number of nitrogen functional groups attached to an aromatic ring is 1. The zero-order valence-corrected chi connectivity index (χ0v) is 24.7. The number of alkyl halides is 3. The highest BCUT2D eigenvalue weighted by molar-refractivity contribution is 7.98. The second kappa shape index (κ2) is 12.2. The van der Waals surface area contributed by atoms with Crippen LogP contribution in [-0.4, -0.2) is 35.1 Å². The van der Waals surface area contributed by atoms with E-state index >= 15 is 0 Å². The Labute approximate surface area is 255 Å². The van der Waals surface area contributed by atoms with Gasteiger partial charge < -0.3 is 24.4 Å². The van der Waals surface area contributed by atoms with Crippen molar-refractivity contribution >= 4 is 17.6 Å². The Morgan fingerprint density at radius 1 is 1.02 bits per heavy atom. The predicted molar refractivity (Wildman–Crippen MR) is 155 cm³/mol. The number of nitrogens with zero attached hydrogens (tertiary/aromatic N) is 4. The summed E-state index contributed by atoms with van der Waals surface area (Å²) in [6.07, 6.45) is -4.66.